The van der Waals surface area contributed by atoms with E-state index >= 15 is 0 Å². The third-order valence-corrected chi connectivity index (χ3v) is 12.1. The van der Waals surface area contributed by atoms with Gasteiger partial charge in [0.25, 0.3) is 23.6 Å². The Bertz CT molecular complexity index is 2560. The Kier molecular flexibility index (Phi) is 15.1. The predicted molar refractivity (Wildman–Crippen MR) is 251 cm³/mol. The van der Waals surface area contributed by atoms with Crippen LogP contribution in [0.2, 0.25) is 0 Å². The highest BCUT2D eigenvalue weighted by molar-refractivity contribution is 6.31. The minimum absolute atomic E-state index is 0.0827. The van der Waals surface area contributed by atoms with Gasteiger partial charge in [0.15, 0.2) is 0 Å². The van der Waals surface area contributed by atoms with E-state index < -0.39 is 35.7 Å². The summed E-state index contributed by atoms with van der Waals surface area (Å²) in [5, 5.41) is 9.52. The molecule has 2 saturated heterocycles. The largest absolute Gasteiger partial charge is 0.444 e. The van der Waals surface area contributed by atoms with Gasteiger partial charge in [0.05, 0.1) is 11.4 Å². The summed E-state index contributed by atoms with van der Waals surface area (Å²) < 4.78 is 0. The van der Waals surface area contributed by atoms with Crippen LogP contribution in [0.25, 0.3) is 0 Å². The molecular weight excluding hydrogens is 905 g/mol. The van der Waals surface area contributed by atoms with Crippen LogP contribution in [-0.2, 0) is 61.0 Å². The topological polar surface area (TPSA) is 218 Å². The fourth-order valence-electron chi connectivity index (χ4n) is 8.48. The van der Waals surface area contributed by atoms with Crippen LogP contribution in [0, 0.1) is 0 Å². The minimum atomic E-state index is -1.56. The Morgan fingerprint density at radius 2 is 0.843 bits per heavy atom. The first-order chi connectivity index (χ1) is 33.8. The molecule has 0 aromatic heterocycles. The quantitative estimate of drug-likeness (QED) is 0.0862. The number of carbonyl (C=O) groups excluding carboxylic acids is 8. The lowest BCUT2D eigenvalue weighted by atomic mass is 9.99. The first-order valence-electron chi connectivity index (χ1n) is 22.8. The zero-order valence-electron chi connectivity index (χ0n) is 38.6. The van der Waals surface area contributed by atoms with E-state index in [0.29, 0.717) is 109 Å². The molecule has 0 unspecified atom stereocenters. The smallest absolute Gasteiger partial charge is 0.336 e. The molecule has 4 aliphatic heterocycles. The molecule has 4 amide bonds. The summed E-state index contributed by atoms with van der Waals surface area (Å²) >= 11 is 0. The van der Waals surface area contributed by atoms with E-state index in [4.69, 9.17) is 19.4 Å². The maximum Gasteiger partial charge on any atom is 0.444 e. The van der Waals surface area contributed by atoms with Gasteiger partial charge in [0.2, 0.25) is 0 Å². The Morgan fingerprint density at radius 1 is 0.471 bits per heavy atom. The number of hydrogen-bond donors (Lipinski definition) is 0. The highest BCUT2D eigenvalue weighted by Gasteiger charge is 2.36. The number of hydrogen-bond acceptors (Lipinski definition) is 16. The lowest BCUT2D eigenvalue weighted by Crippen LogP contribution is -2.50. The molecule has 4 heterocycles. The number of hydroxylamine groups is 2. The van der Waals surface area contributed by atoms with Crippen molar-refractivity contribution in [2.45, 2.75) is 39.5 Å². The molecule has 0 aliphatic carbocycles. The minimum Gasteiger partial charge on any atom is -0.336 e. The van der Waals surface area contributed by atoms with Gasteiger partial charge in [-0.25, -0.2) is 19.2 Å². The van der Waals surface area contributed by atoms with Crippen molar-refractivity contribution >= 4 is 70.3 Å². The van der Waals surface area contributed by atoms with Crippen LogP contribution in [0.4, 0.5) is 11.4 Å². The molecule has 4 aliphatic rings. The Hall–Kier alpha value is -8.10. The lowest BCUT2D eigenvalue weighted by Gasteiger charge is -2.35. The SMILES string of the molecule is CC(=O)ON=C(CN1CCN(C(=O)c2ccc3c(c2)CCC(=O)N3OC(=O)C(=O)ON2C(=O)CCc3cc(C(=O)N4CCN(CC(=NOC(C)=O)c5ccccc5)CC4)ccc32)CC1)c1ccccc1. The second-order valence-corrected chi connectivity index (χ2v) is 16.9. The van der Waals surface area contributed by atoms with Gasteiger partial charge in [-0.15, -0.1) is 10.1 Å². The van der Waals surface area contributed by atoms with Gasteiger partial charge in [-0.1, -0.05) is 71.0 Å². The van der Waals surface area contributed by atoms with Crippen molar-refractivity contribution in [1.82, 2.24) is 19.6 Å². The third-order valence-electron chi connectivity index (χ3n) is 12.1. The van der Waals surface area contributed by atoms with Crippen LogP contribution in [0.1, 0.15) is 69.7 Å². The van der Waals surface area contributed by atoms with Gasteiger partial charge in [-0.3, -0.25) is 29.0 Å². The second-order valence-electron chi connectivity index (χ2n) is 16.9. The average Bonchev–Trinajstić information content (AvgIpc) is 3.38. The normalized spacial score (nSPS) is 16.8. The summed E-state index contributed by atoms with van der Waals surface area (Å²) in [5.74, 6) is -5.88. The molecule has 0 N–H and O–H groups in total. The molecule has 20 heteroatoms. The summed E-state index contributed by atoms with van der Waals surface area (Å²) in [6.07, 6.45) is 0.325. The molecule has 20 nitrogen and oxygen atoms in total. The predicted octanol–water partition coefficient (Wildman–Crippen LogP) is 3.31. The molecule has 8 rings (SSSR count). The van der Waals surface area contributed by atoms with Crippen molar-refractivity contribution in [3.63, 3.8) is 0 Å². The number of amides is 4. The fourth-order valence-corrected chi connectivity index (χ4v) is 8.48. The summed E-state index contributed by atoms with van der Waals surface area (Å²) in [6, 6.07) is 28.0. The summed E-state index contributed by atoms with van der Waals surface area (Å²) in [7, 11) is 0. The fraction of sp³-hybridized carbons (Fsp3) is 0.320. The number of piperazine rings is 2. The number of rotatable bonds is 12. The number of benzene rings is 4. The van der Waals surface area contributed by atoms with Gasteiger partial charge >= 0.3 is 23.9 Å². The Labute approximate surface area is 402 Å². The number of anilines is 2. The van der Waals surface area contributed by atoms with Crippen molar-refractivity contribution in [3.8, 4) is 0 Å². The highest BCUT2D eigenvalue weighted by Crippen LogP contribution is 2.32. The van der Waals surface area contributed by atoms with Gasteiger partial charge in [-0.05, 0) is 60.4 Å². The molecule has 4 aromatic rings. The number of nitrogens with zero attached hydrogens (tertiary/aromatic N) is 8. The molecule has 0 saturated carbocycles. The standard InChI is InChI=1S/C50H50N8O12/c1-33(59)67-51-41(35-9-5-3-6-10-35)31-53-21-25-55(26-22-53)47(63)39-13-17-43-37(29-39)15-19-45(61)57(43)69-49(65)50(66)70-58-44-18-14-40(30-38(44)16-20-46(58)62)48(64)56-27-23-54(24-28-56)32-42(52-68-34(2)60)36-11-7-4-8-12-36/h3-14,17-18,29-30H,15-16,19-28,31-32H2,1-2H3. The van der Waals surface area contributed by atoms with Gasteiger partial charge in [0, 0.05) is 114 Å². The summed E-state index contributed by atoms with van der Waals surface area (Å²) in [6.45, 7) is 7.12. The molecule has 362 valence electrons. The van der Waals surface area contributed by atoms with Crippen molar-refractivity contribution in [2.75, 3.05) is 75.6 Å². The number of fused-ring (bicyclic) bond motifs is 2. The van der Waals surface area contributed by atoms with Gasteiger partial charge < -0.3 is 29.2 Å². The van der Waals surface area contributed by atoms with E-state index in [1.807, 2.05) is 60.7 Å². The molecule has 0 bridgehead atoms. The van der Waals surface area contributed by atoms with Gasteiger partial charge in [0.1, 0.15) is 11.4 Å². The van der Waals surface area contributed by atoms with Crippen LogP contribution in [-0.4, -0.2) is 144 Å². The lowest BCUT2D eigenvalue weighted by molar-refractivity contribution is -0.172. The molecule has 0 spiro atoms. The third kappa shape index (κ3) is 11.6. The van der Waals surface area contributed by atoms with Crippen LogP contribution < -0.4 is 10.1 Å². The highest BCUT2D eigenvalue weighted by atomic mass is 16.8. The number of oxime groups is 2. The van der Waals surface area contributed by atoms with Crippen molar-refractivity contribution in [3.05, 3.63) is 130 Å². The van der Waals surface area contributed by atoms with E-state index in [2.05, 4.69) is 20.1 Å². The van der Waals surface area contributed by atoms with Crippen molar-refractivity contribution in [1.29, 1.82) is 0 Å². The monoisotopic (exact) mass is 954 g/mol. The summed E-state index contributed by atoms with van der Waals surface area (Å²) in [5.41, 5.74) is 4.92. The summed E-state index contributed by atoms with van der Waals surface area (Å²) in [4.78, 5) is 131. The van der Waals surface area contributed by atoms with E-state index in [1.165, 1.54) is 38.1 Å². The van der Waals surface area contributed by atoms with Crippen LogP contribution in [0.5, 0.6) is 0 Å². The zero-order valence-corrected chi connectivity index (χ0v) is 38.6. The van der Waals surface area contributed by atoms with E-state index in [0.717, 1.165) is 11.1 Å². The van der Waals surface area contributed by atoms with E-state index in [9.17, 15) is 38.4 Å². The number of carbonyl (C=O) groups is 8. The average molecular weight is 955 g/mol. The van der Waals surface area contributed by atoms with Gasteiger partial charge in [-0.2, -0.15) is 0 Å². The first kappa shape index (κ1) is 48.4. The molecule has 4 aromatic carbocycles. The zero-order chi connectivity index (χ0) is 49.3. The van der Waals surface area contributed by atoms with Crippen LogP contribution in [0.15, 0.2) is 107 Å². The van der Waals surface area contributed by atoms with E-state index in [-0.39, 0.29) is 48.9 Å². The van der Waals surface area contributed by atoms with Crippen molar-refractivity contribution < 1.29 is 57.7 Å². The van der Waals surface area contributed by atoms with Crippen LogP contribution in [0.3, 0.4) is 0 Å². The molecule has 0 radical (unpaired) electrons. The Balaban J connectivity index is 0.851. The van der Waals surface area contributed by atoms with Crippen LogP contribution >= 0.6 is 0 Å². The first-order valence-corrected chi connectivity index (χ1v) is 22.8. The Morgan fingerprint density at radius 3 is 1.20 bits per heavy atom. The van der Waals surface area contributed by atoms with Crippen molar-refractivity contribution in [2.24, 2.45) is 10.3 Å². The maximum absolute atomic E-state index is 13.7. The molecule has 70 heavy (non-hydrogen) atoms. The second kappa shape index (κ2) is 21.9. The molecular formula is C50H50N8O12. The molecule has 0 atom stereocenters. The molecule has 2 fully saturated rings. The number of aryl methyl sites for hydroxylation is 2. The van der Waals surface area contributed by atoms with E-state index in [1.54, 1.807) is 21.9 Å². The maximum atomic E-state index is 13.7.